The molecule has 0 saturated carbocycles. The first kappa shape index (κ1) is 34.8. The van der Waals surface area contributed by atoms with E-state index in [1.165, 1.54) is 131 Å². The van der Waals surface area contributed by atoms with Crippen molar-refractivity contribution in [2.75, 3.05) is 0 Å². The van der Waals surface area contributed by atoms with Crippen LogP contribution in [-0.2, 0) is 0 Å². The molecule has 0 aliphatic rings. The van der Waals surface area contributed by atoms with Gasteiger partial charge in [-0.05, 0) is 137 Å². The van der Waals surface area contributed by atoms with Crippen molar-refractivity contribution in [1.82, 2.24) is 0 Å². The summed E-state index contributed by atoms with van der Waals surface area (Å²) in [6.45, 7) is 0. The smallest absolute Gasteiger partial charge is 0.000763 e. The predicted molar refractivity (Wildman–Crippen MR) is 268 cm³/mol. The van der Waals surface area contributed by atoms with Crippen molar-refractivity contribution in [2.45, 2.75) is 0 Å². The van der Waals surface area contributed by atoms with Crippen molar-refractivity contribution in [3.05, 3.63) is 231 Å². The zero-order chi connectivity index (χ0) is 40.7. The van der Waals surface area contributed by atoms with E-state index in [2.05, 4.69) is 231 Å². The summed E-state index contributed by atoms with van der Waals surface area (Å²) >= 11 is 0. The Morgan fingerprint density at radius 3 is 0.984 bits per heavy atom. The molecule has 0 atom stereocenters. The predicted octanol–water partition coefficient (Wildman–Crippen LogP) is 17.6. The average molecular weight is 783 g/mol. The van der Waals surface area contributed by atoms with E-state index in [1.54, 1.807) is 0 Å². The molecule has 0 aliphatic carbocycles. The van der Waals surface area contributed by atoms with Crippen molar-refractivity contribution in [3.8, 4) is 44.5 Å². The summed E-state index contributed by atoms with van der Waals surface area (Å²) in [5.41, 5.74) is 9.92. The van der Waals surface area contributed by atoms with Crippen molar-refractivity contribution in [2.24, 2.45) is 0 Å². The van der Waals surface area contributed by atoms with Crippen LogP contribution in [-0.4, -0.2) is 0 Å². The van der Waals surface area contributed by atoms with Crippen LogP contribution in [0.2, 0.25) is 0 Å². The Bertz CT molecular complexity index is 3850. The molecule has 0 heterocycles. The highest BCUT2D eigenvalue weighted by Gasteiger charge is 2.26. The molecule has 62 heavy (non-hydrogen) atoms. The van der Waals surface area contributed by atoms with Gasteiger partial charge in [0.2, 0.25) is 0 Å². The van der Waals surface area contributed by atoms with Gasteiger partial charge < -0.3 is 0 Å². The van der Waals surface area contributed by atoms with Crippen LogP contribution < -0.4 is 0 Å². The highest BCUT2D eigenvalue weighted by Crippen LogP contribution is 2.54. The lowest BCUT2D eigenvalue weighted by Gasteiger charge is -2.25. The van der Waals surface area contributed by atoms with Gasteiger partial charge in [0.05, 0.1) is 0 Å². The Hall–Kier alpha value is -8.06. The molecule has 0 nitrogen and oxygen atoms in total. The Labute approximate surface area is 359 Å². The standard InChI is InChI=1S/C62H38/c1-3-20-39(21-4-1)55-38-56-46-29-10-8-25-42(46)45-28-12-14-31-49(45)61(56)57(40-22-5-2-6-23-40)62(55)60-52-34-17-15-32-50(52)59(51-33-16-18-35-53(51)60)54-37-19-36-48-44-26-9-7-24-41(44)43-27-11-13-30-47(43)58(48)54/h1-38H. The summed E-state index contributed by atoms with van der Waals surface area (Å²) in [4.78, 5) is 0. The van der Waals surface area contributed by atoms with Gasteiger partial charge in [0.1, 0.15) is 0 Å². The van der Waals surface area contributed by atoms with Crippen LogP contribution in [0.15, 0.2) is 231 Å². The van der Waals surface area contributed by atoms with Gasteiger partial charge >= 0.3 is 0 Å². The summed E-state index contributed by atoms with van der Waals surface area (Å²) in [5.74, 6) is 0. The minimum Gasteiger partial charge on any atom is -0.0622 e. The Kier molecular flexibility index (Phi) is 7.71. The van der Waals surface area contributed by atoms with Crippen LogP contribution in [0.4, 0.5) is 0 Å². The van der Waals surface area contributed by atoms with E-state index in [0.717, 1.165) is 0 Å². The van der Waals surface area contributed by atoms with Crippen LogP contribution in [0.1, 0.15) is 0 Å². The lowest BCUT2D eigenvalue weighted by Crippen LogP contribution is -1.98. The van der Waals surface area contributed by atoms with Gasteiger partial charge in [0.15, 0.2) is 0 Å². The number of hydrogen-bond acceptors (Lipinski definition) is 0. The van der Waals surface area contributed by atoms with Crippen molar-refractivity contribution < 1.29 is 0 Å². The van der Waals surface area contributed by atoms with Crippen LogP contribution >= 0.6 is 0 Å². The normalized spacial score (nSPS) is 11.9. The lowest BCUT2D eigenvalue weighted by atomic mass is 9.77. The van der Waals surface area contributed by atoms with Crippen molar-refractivity contribution in [3.63, 3.8) is 0 Å². The van der Waals surface area contributed by atoms with E-state index in [-0.39, 0.29) is 0 Å². The summed E-state index contributed by atoms with van der Waals surface area (Å²) in [6.07, 6.45) is 0. The zero-order valence-corrected chi connectivity index (χ0v) is 33.9. The Morgan fingerprint density at radius 1 is 0.161 bits per heavy atom. The fourth-order valence-corrected chi connectivity index (χ4v) is 10.9. The molecule has 0 unspecified atom stereocenters. The van der Waals surface area contributed by atoms with Crippen molar-refractivity contribution in [1.29, 1.82) is 0 Å². The molecule has 0 saturated heterocycles. The van der Waals surface area contributed by atoms with Gasteiger partial charge in [-0.3, -0.25) is 0 Å². The third-order valence-electron chi connectivity index (χ3n) is 13.4. The average Bonchev–Trinajstić information content (AvgIpc) is 3.35. The molecule has 13 rings (SSSR count). The minimum atomic E-state index is 1.20. The van der Waals surface area contributed by atoms with Gasteiger partial charge in [-0.1, -0.05) is 224 Å². The van der Waals surface area contributed by atoms with E-state index in [4.69, 9.17) is 0 Å². The zero-order valence-electron chi connectivity index (χ0n) is 33.9. The molecule has 13 aromatic rings. The van der Waals surface area contributed by atoms with Crippen LogP contribution in [0.5, 0.6) is 0 Å². The van der Waals surface area contributed by atoms with E-state index in [0.29, 0.717) is 0 Å². The lowest BCUT2D eigenvalue weighted by molar-refractivity contribution is 1.61. The molecule has 0 radical (unpaired) electrons. The van der Waals surface area contributed by atoms with Gasteiger partial charge in [0, 0.05) is 0 Å². The molecule has 286 valence electrons. The van der Waals surface area contributed by atoms with E-state index >= 15 is 0 Å². The quantitative estimate of drug-likeness (QED) is 0.123. The van der Waals surface area contributed by atoms with Gasteiger partial charge in [0.25, 0.3) is 0 Å². The second-order valence-electron chi connectivity index (χ2n) is 16.6. The molecule has 0 aliphatic heterocycles. The molecule has 0 spiro atoms. The molecule has 0 bridgehead atoms. The van der Waals surface area contributed by atoms with Crippen molar-refractivity contribution >= 4 is 86.2 Å². The van der Waals surface area contributed by atoms with E-state index in [9.17, 15) is 0 Å². The number of hydrogen-bond donors (Lipinski definition) is 0. The molecule has 13 aromatic carbocycles. The molecule has 0 fully saturated rings. The first-order valence-electron chi connectivity index (χ1n) is 21.6. The maximum atomic E-state index is 2.50. The summed E-state index contributed by atoms with van der Waals surface area (Å²) in [7, 11) is 0. The highest BCUT2D eigenvalue weighted by atomic mass is 14.3. The summed E-state index contributed by atoms with van der Waals surface area (Å²) in [6, 6.07) is 85.8. The van der Waals surface area contributed by atoms with Gasteiger partial charge in [-0.25, -0.2) is 0 Å². The SMILES string of the molecule is c1ccc(-c2cc3c4ccccc4c4ccccc4c3c(-c3ccccc3)c2-c2c3ccccc3c(-c3cccc4c5ccccc5c5ccccc5c34)c3ccccc23)cc1. The maximum Gasteiger partial charge on any atom is -0.000763 e. The fourth-order valence-electron chi connectivity index (χ4n) is 10.9. The molecule has 0 amide bonds. The molecule has 0 heteroatoms. The summed E-state index contributed by atoms with van der Waals surface area (Å²) in [5, 5.41) is 20.3. The molecule has 0 aromatic heterocycles. The molecular weight excluding hydrogens is 745 g/mol. The van der Waals surface area contributed by atoms with E-state index in [1.807, 2.05) is 0 Å². The summed E-state index contributed by atoms with van der Waals surface area (Å²) < 4.78 is 0. The third-order valence-corrected chi connectivity index (χ3v) is 13.4. The Morgan fingerprint density at radius 2 is 0.500 bits per heavy atom. The van der Waals surface area contributed by atoms with Gasteiger partial charge in [-0.2, -0.15) is 0 Å². The first-order chi connectivity index (χ1) is 30.8. The van der Waals surface area contributed by atoms with Crippen LogP contribution in [0.25, 0.3) is 131 Å². The highest BCUT2D eigenvalue weighted by molar-refractivity contribution is 6.35. The third kappa shape index (κ3) is 5.01. The molecular formula is C62H38. The largest absolute Gasteiger partial charge is 0.0622 e. The second-order valence-corrected chi connectivity index (χ2v) is 16.6. The van der Waals surface area contributed by atoms with Gasteiger partial charge in [-0.15, -0.1) is 0 Å². The van der Waals surface area contributed by atoms with Crippen LogP contribution in [0, 0.1) is 0 Å². The molecule has 0 N–H and O–H groups in total. The fraction of sp³-hybridized carbons (Fsp3) is 0. The number of benzene rings is 13. The first-order valence-corrected chi connectivity index (χ1v) is 21.6. The number of fused-ring (bicyclic) bond motifs is 14. The van der Waals surface area contributed by atoms with E-state index < -0.39 is 0 Å². The Balaban J connectivity index is 1.27. The minimum absolute atomic E-state index is 1.20. The monoisotopic (exact) mass is 782 g/mol. The second kappa shape index (κ2) is 13.7. The number of rotatable bonds is 4. The van der Waals surface area contributed by atoms with Crippen LogP contribution in [0.3, 0.4) is 0 Å². The topological polar surface area (TPSA) is 0 Å². The maximum absolute atomic E-state index is 2.50.